The first kappa shape index (κ1) is 13.0. The zero-order chi connectivity index (χ0) is 13.1. The molecule has 1 aliphatic carbocycles. The van der Waals surface area contributed by atoms with Crippen molar-refractivity contribution in [1.29, 1.82) is 0 Å². The first-order valence-corrected chi connectivity index (χ1v) is 6.55. The van der Waals surface area contributed by atoms with Gasteiger partial charge in [-0.05, 0) is 35.4 Å². The monoisotopic (exact) mass is 304 g/mol. The molecule has 0 spiro atoms. The van der Waals surface area contributed by atoms with E-state index in [1.54, 1.807) is 12.2 Å². The minimum atomic E-state index is -2.20. The number of hydrogen-bond donors (Lipinski definition) is 1. The maximum absolute atomic E-state index is 10.7. The van der Waals surface area contributed by atoms with E-state index in [4.69, 9.17) is 23.2 Å². The summed E-state index contributed by atoms with van der Waals surface area (Å²) < 4.78 is 21.4. The molecule has 0 fully saturated rings. The fourth-order valence-corrected chi connectivity index (χ4v) is 2.02. The minimum Gasteiger partial charge on any atom is -0.324 e. The second-order valence-corrected chi connectivity index (χ2v) is 4.89. The van der Waals surface area contributed by atoms with Crippen molar-refractivity contribution in [2.45, 2.75) is 6.42 Å². The third-order valence-electron chi connectivity index (χ3n) is 2.02. The fourth-order valence-electron chi connectivity index (χ4n) is 1.26. The number of hydrogen-bond acceptors (Lipinski definition) is 6. The van der Waals surface area contributed by atoms with Crippen molar-refractivity contribution in [3.63, 3.8) is 0 Å². The Kier molecular flexibility index (Phi) is 3.95. The minimum absolute atomic E-state index is 0.0224. The van der Waals surface area contributed by atoms with E-state index in [2.05, 4.69) is 20.3 Å². The van der Waals surface area contributed by atoms with Crippen LogP contribution in [0.4, 0.5) is 5.95 Å². The second-order valence-electron chi connectivity index (χ2n) is 3.22. The lowest BCUT2D eigenvalue weighted by Gasteiger charge is -2.08. The summed E-state index contributed by atoms with van der Waals surface area (Å²) in [6.45, 7) is 0. The van der Waals surface area contributed by atoms with Crippen molar-refractivity contribution >= 4 is 44.3 Å². The Morgan fingerprint density at radius 3 is 2.28 bits per heavy atom. The molecule has 1 aromatic rings. The Hall–Kier alpha value is -1.44. The second kappa shape index (κ2) is 5.47. The summed E-state index contributed by atoms with van der Waals surface area (Å²) in [5, 5.41) is 2.81. The van der Waals surface area contributed by atoms with Crippen LogP contribution in [0.15, 0.2) is 23.9 Å². The number of halogens is 2. The largest absolute Gasteiger partial charge is 0.324 e. The quantitative estimate of drug-likeness (QED) is 0.833. The van der Waals surface area contributed by atoms with Crippen LogP contribution >= 0.6 is 23.2 Å². The van der Waals surface area contributed by atoms with Crippen LogP contribution in [-0.2, 0) is 10.3 Å². The average Bonchev–Trinajstić information content (AvgIpc) is 2.28. The molecule has 0 saturated heterocycles. The van der Waals surface area contributed by atoms with Crippen molar-refractivity contribution in [2.24, 2.45) is 0 Å². The Bertz CT molecular complexity index is 654. The lowest BCUT2D eigenvalue weighted by atomic mass is 10.1. The van der Waals surface area contributed by atoms with Crippen molar-refractivity contribution < 1.29 is 8.42 Å². The molecule has 0 aliphatic heterocycles. The van der Waals surface area contributed by atoms with Crippen LogP contribution < -0.4 is 5.32 Å². The zero-order valence-electron chi connectivity index (χ0n) is 8.76. The molecule has 94 valence electrons. The number of nitrogens with zero attached hydrogens (tertiary/aromatic N) is 3. The first-order valence-electron chi connectivity index (χ1n) is 4.72. The third kappa shape index (κ3) is 3.28. The van der Waals surface area contributed by atoms with Crippen molar-refractivity contribution in [3.05, 3.63) is 34.5 Å². The maximum atomic E-state index is 10.7. The lowest BCUT2D eigenvalue weighted by molar-refractivity contribution is 0.627. The standard InChI is InChI=1S/C9H6Cl2N4O2S/c10-7-13-8(11)15-9(14-7)12-5-1-3-6(4-2-5)18(16)17/h1-3H,4H2,(H,12,13,14,15). The lowest BCUT2D eigenvalue weighted by Crippen LogP contribution is -2.07. The highest BCUT2D eigenvalue weighted by Crippen LogP contribution is 2.14. The Morgan fingerprint density at radius 1 is 1.11 bits per heavy atom. The molecule has 6 nitrogen and oxygen atoms in total. The highest BCUT2D eigenvalue weighted by Gasteiger charge is 2.07. The van der Waals surface area contributed by atoms with Gasteiger partial charge in [-0.15, -0.1) is 0 Å². The van der Waals surface area contributed by atoms with Gasteiger partial charge in [-0.2, -0.15) is 23.4 Å². The predicted octanol–water partition coefficient (Wildman–Crippen LogP) is 1.49. The number of anilines is 1. The molecule has 0 atom stereocenters. The molecule has 0 saturated carbocycles. The highest BCUT2D eigenvalue weighted by atomic mass is 35.5. The molecule has 1 N–H and O–H groups in total. The Morgan fingerprint density at radius 2 is 1.78 bits per heavy atom. The van der Waals surface area contributed by atoms with Crippen LogP contribution in [-0.4, -0.2) is 28.2 Å². The molecule has 0 unspecified atom stereocenters. The summed E-state index contributed by atoms with van der Waals surface area (Å²) in [7, 11) is -2.20. The summed E-state index contributed by atoms with van der Waals surface area (Å²) in [6, 6.07) is 0. The molecule has 1 aliphatic rings. The summed E-state index contributed by atoms with van der Waals surface area (Å²) >= 11 is 11.2. The van der Waals surface area contributed by atoms with Crippen molar-refractivity contribution in [3.8, 4) is 0 Å². The van der Waals surface area contributed by atoms with Gasteiger partial charge in [-0.25, -0.2) is 0 Å². The molecule has 1 heterocycles. The summed E-state index contributed by atoms with van der Waals surface area (Å²) in [6.07, 6.45) is 5.09. The van der Waals surface area contributed by atoms with Gasteiger partial charge in [0.05, 0.1) is 4.86 Å². The molecule has 0 aromatic carbocycles. The van der Waals surface area contributed by atoms with E-state index in [1.807, 2.05) is 0 Å². The van der Waals surface area contributed by atoms with Crippen LogP contribution in [0.1, 0.15) is 6.42 Å². The van der Waals surface area contributed by atoms with E-state index in [-0.39, 0.29) is 16.5 Å². The number of aromatic nitrogens is 3. The number of nitrogens with one attached hydrogen (secondary N) is 1. The van der Waals surface area contributed by atoms with E-state index < -0.39 is 10.3 Å². The van der Waals surface area contributed by atoms with Gasteiger partial charge < -0.3 is 5.32 Å². The van der Waals surface area contributed by atoms with Crippen LogP contribution in [0.5, 0.6) is 0 Å². The third-order valence-corrected chi connectivity index (χ3v) is 3.09. The normalized spacial score (nSPS) is 14.3. The van der Waals surface area contributed by atoms with E-state index >= 15 is 0 Å². The molecular weight excluding hydrogens is 299 g/mol. The van der Waals surface area contributed by atoms with Gasteiger partial charge in [0.15, 0.2) is 0 Å². The summed E-state index contributed by atoms with van der Waals surface area (Å²) in [4.78, 5) is 11.6. The molecule has 18 heavy (non-hydrogen) atoms. The number of allylic oxidation sites excluding steroid dienone is 3. The maximum Gasteiger partial charge on any atom is 0.232 e. The molecule has 0 bridgehead atoms. The van der Waals surface area contributed by atoms with Gasteiger partial charge in [0.1, 0.15) is 0 Å². The van der Waals surface area contributed by atoms with Crippen LogP contribution in [0, 0.1) is 0 Å². The number of rotatable bonds is 2. The van der Waals surface area contributed by atoms with E-state index in [1.165, 1.54) is 6.08 Å². The van der Waals surface area contributed by atoms with E-state index in [9.17, 15) is 8.42 Å². The van der Waals surface area contributed by atoms with Crippen LogP contribution in [0.2, 0.25) is 10.6 Å². The van der Waals surface area contributed by atoms with Crippen LogP contribution in [0.25, 0.3) is 0 Å². The zero-order valence-corrected chi connectivity index (χ0v) is 11.1. The summed E-state index contributed by atoms with van der Waals surface area (Å²) in [5.74, 6) is 0.197. The molecule has 0 amide bonds. The Balaban J connectivity index is 2.17. The molecule has 0 radical (unpaired) electrons. The Labute approximate surface area is 114 Å². The highest BCUT2D eigenvalue weighted by molar-refractivity contribution is 7.73. The van der Waals surface area contributed by atoms with Gasteiger partial charge in [-0.3, -0.25) is 0 Å². The molecular formula is C9H6Cl2N4O2S. The van der Waals surface area contributed by atoms with Gasteiger partial charge in [0.25, 0.3) is 0 Å². The first-order chi connectivity index (χ1) is 8.54. The van der Waals surface area contributed by atoms with Gasteiger partial charge in [-0.1, -0.05) is 6.08 Å². The molecule has 9 heteroatoms. The topological polar surface area (TPSA) is 84.8 Å². The van der Waals surface area contributed by atoms with Crippen molar-refractivity contribution in [2.75, 3.05) is 5.32 Å². The van der Waals surface area contributed by atoms with Gasteiger partial charge in [0, 0.05) is 12.1 Å². The predicted molar refractivity (Wildman–Crippen MR) is 69.2 cm³/mol. The van der Waals surface area contributed by atoms with Crippen LogP contribution in [0.3, 0.4) is 0 Å². The summed E-state index contributed by atoms with van der Waals surface area (Å²) in [5.41, 5.74) is 0.655. The SMILES string of the molecule is O=S(=O)=C1C=CC(Nc2nc(Cl)nc(Cl)n2)=CC1. The smallest absolute Gasteiger partial charge is 0.232 e. The van der Waals surface area contributed by atoms with Gasteiger partial charge >= 0.3 is 0 Å². The van der Waals surface area contributed by atoms with E-state index in [0.29, 0.717) is 17.0 Å². The fraction of sp³-hybridized carbons (Fsp3) is 0.111. The van der Waals surface area contributed by atoms with Gasteiger partial charge in [0.2, 0.25) is 26.8 Å². The van der Waals surface area contributed by atoms with E-state index in [0.717, 1.165) is 0 Å². The van der Waals surface area contributed by atoms with Crippen molar-refractivity contribution in [1.82, 2.24) is 15.0 Å². The molecule has 2 rings (SSSR count). The molecule has 1 aromatic heterocycles. The average molecular weight is 305 g/mol.